The highest BCUT2D eigenvalue weighted by molar-refractivity contribution is 7.88. The zero-order chi connectivity index (χ0) is 22.6. The monoisotopic (exact) mass is 460 g/mol. The van der Waals surface area contributed by atoms with Gasteiger partial charge in [0.05, 0.1) is 16.3 Å². The van der Waals surface area contributed by atoms with Crippen molar-refractivity contribution in [2.75, 3.05) is 5.32 Å². The van der Waals surface area contributed by atoms with E-state index in [1.54, 1.807) is 30.3 Å². The van der Waals surface area contributed by atoms with Crippen LogP contribution in [0, 0.1) is 19.7 Å². The molecular formula is C23H22ClFN2O3S. The topological polar surface area (TPSA) is 75.3 Å². The lowest BCUT2D eigenvalue weighted by molar-refractivity contribution is 0.102. The Kier molecular flexibility index (Phi) is 7.10. The molecule has 0 radical (unpaired) electrons. The molecule has 0 aromatic heterocycles. The third kappa shape index (κ3) is 6.13. The summed E-state index contributed by atoms with van der Waals surface area (Å²) >= 11 is 5.91. The van der Waals surface area contributed by atoms with E-state index in [-0.39, 0.29) is 22.9 Å². The first kappa shape index (κ1) is 22.9. The van der Waals surface area contributed by atoms with Crippen LogP contribution in [0.3, 0.4) is 0 Å². The molecule has 2 N–H and O–H groups in total. The maximum atomic E-state index is 13.9. The van der Waals surface area contributed by atoms with Crippen molar-refractivity contribution in [2.24, 2.45) is 0 Å². The predicted molar refractivity (Wildman–Crippen MR) is 121 cm³/mol. The molecule has 3 rings (SSSR count). The molecule has 0 saturated carbocycles. The van der Waals surface area contributed by atoms with Gasteiger partial charge in [-0.25, -0.2) is 17.5 Å². The Morgan fingerprint density at radius 1 is 0.968 bits per heavy atom. The summed E-state index contributed by atoms with van der Waals surface area (Å²) in [5, 5.41) is 2.60. The Bertz CT molecular complexity index is 1190. The lowest BCUT2D eigenvalue weighted by Gasteiger charge is -2.10. The molecule has 8 heteroatoms. The fourth-order valence-corrected chi connectivity index (χ4v) is 4.33. The van der Waals surface area contributed by atoms with Gasteiger partial charge in [-0.3, -0.25) is 4.79 Å². The molecule has 0 aliphatic rings. The first-order chi connectivity index (χ1) is 14.6. The van der Waals surface area contributed by atoms with Crippen LogP contribution in [0.5, 0.6) is 0 Å². The molecular weight excluding hydrogens is 439 g/mol. The number of carbonyl (C=O) groups is 1. The Labute approximate surface area is 186 Å². The average Bonchev–Trinajstić information content (AvgIpc) is 2.70. The lowest BCUT2D eigenvalue weighted by atomic mass is 10.1. The molecule has 0 fully saturated rings. The van der Waals surface area contributed by atoms with Crippen LogP contribution < -0.4 is 10.0 Å². The Morgan fingerprint density at radius 2 is 1.65 bits per heavy atom. The minimum atomic E-state index is -3.51. The number of carbonyl (C=O) groups excluding carboxylic acids is 1. The van der Waals surface area contributed by atoms with Gasteiger partial charge in [-0.2, -0.15) is 0 Å². The van der Waals surface area contributed by atoms with Gasteiger partial charge in [0.15, 0.2) is 0 Å². The number of aryl methyl sites for hydroxylation is 2. The normalized spacial score (nSPS) is 11.4. The molecule has 1 amide bonds. The van der Waals surface area contributed by atoms with Gasteiger partial charge in [0.1, 0.15) is 5.82 Å². The first-order valence-electron chi connectivity index (χ1n) is 9.52. The quantitative estimate of drug-likeness (QED) is 0.522. The first-order valence-corrected chi connectivity index (χ1v) is 11.6. The van der Waals surface area contributed by atoms with Crippen molar-refractivity contribution in [3.63, 3.8) is 0 Å². The Morgan fingerprint density at radius 3 is 2.29 bits per heavy atom. The van der Waals surface area contributed by atoms with Gasteiger partial charge in [-0.05, 0) is 60.4 Å². The zero-order valence-corrected chi connectivity index (χ0v) is 18.6. The summed E-state index contributed by atoms with van der Waals surface area (Å²) < 4.78 is 41.2. The fourth-order valence-electron chi connectivity index (χ4n) is 2.97. The van der Waals surface area contributed by atoms with Gasteiger partial charge < -0.3 is 5.32 Å². The summed E-state index contributed by atoms with van der Waals surface area (Å²) in [4.78, 5) is 12.3. The number of halogens is 2. The molecule has 3 aromatic rings. The van der Waals surface area contributed by atoms with Gasteiger partial charge in [-0.1, -0.05) is 48.0 Å². The summed E-state index contributed by atoms with van der Waals surface area (Å²) in [7, 11) is -3.51. The number of hydrogen-bond acceptors (Lipinski definition) is 3. The minimum absolute atomic E-state index is 0.0206. The van der Waals surface area contributed by atoms with Crippen LogP contribution in [-0.4, -0.2) is 14.3 Å². The van der Waals surface area contributed by atoms with E-state index in [1.807, 2.05) is 26.0 Å². The Balaban J connectivity index is 1.60. The van der Waals surface area contributed by atoms with E-state index in [2.05, 4.69) is 10.0 Å². The molecule has 0 heterocycles. The van der Waals surface area contributed by atoms with Crippen molar-refractivity contribution < 1.29 is 17.6 Å². The van der Waals surface area contributed by atoms with Crippen molar-refractivity contribution in [2.45, 2.75) is 26.1 Å². The molecule has 0 unspecified atom stereocenters. The number of hydrogen-bond donors (Lipinski definition) is 2. The average molecular weight is 461 g/mol. The van der Waals surface area contributed by atoms with Gasteiger partial charge in [0.25, 0.3) is 5.91 Å². The summed E-state index contributed by atoms with van der Waals surface area (Å²) in [5.41, 5.74) is 3.80. The van der Waals surface area contributed by atoms with Crippen LogP contribution in [0.1, 0.15) is 32.6 Å². The van der Waals surface area contributed by atoms with E-state index < -0.39 is 21.7 Å². The summed E-state index contributed by atoms with van der Waals surface area (Å²) in [6, 6.07) is 16.2. The summed E-state index contributed by atoms with van der Waals surface area (Å²) in [6.07, 6.45) is 0. The maximum Gasteiger partial charge on any atom is 0.260 e. The van der Waals surface area contributed by atoms with Crippen LogP contribution in [0.2, 0.25) is 5.02 Å². The van der Waals surface area contributed by atoms with Gasteiger partial charge >= 0.3 is 0 Å². The van der Waals surface area contributed by atoms with Crippen LogP contribution in [0.4, 0.5) is 10.1 Å². The minimum Gasteiger partial charge on any atom is -0.322 e. The number of rotatable bonds is 7. The summed E-state index contributed by atoms with van der Waals surface area (Å²) in [5.74, 6) is -1.48. The molecule has 0 bridgehead atoms. The van der Waals surface area contributed by atoms with Crippen molar-refractivity contribution in [3.05, 3.63) is 99.3 Å². The van der Waals surface area contributed by atoms with E-state index in [9.17, 15) is 17.6 Å². The smallest absolute Gasteiger partial charge is 0.260 e. The van der Waals surface area contributed by atoms with Crippen LogP contribution >= 0.6 is 11.6 Å². The van der Waals surface area contributed by atoms with Gasteiger partial charge in [0, 0.05) is 12.2 Å². The van der Waals surface area contributed by atoms with Crippen LogP contribution in [-0.2, 0) is 22.3 Å². The van der Waals surface area contributed by atoms with E-state index in [4.69, 9.17) is 11.6 Å². The molecule has 0 saturated heterocycles. The molecule has 0 atom stereocenters. The molecule has 162 valence electrons. The highest BCUT2D eigenvalue weighted by atomic mass is 35.5. The van der Waals surface area contributed by atoms with Crippen molar-refractivity contribution >= 4 is 33.2 Å². The Hall–Kier alpha value is -2.74. The third-order valence-electron chi connectivity index (χ3n) is 4.83. The molecule has 31 heavy (non-hydrogen) atoms. The van der Waals surface area contributed by atoms with E-state index >= 15 is 0 Å². The van der Waals surface area contributed by atoms with Gasteiger partial charge in [0.2, 0.25) is 10.0 Å². The van der Waals surface area contributed by atoms with E-state index in [1.165, 1.54) is 12.1 Å². The molecule has 5 nitrogen and oxygen atoms in total. The molecule has 0 spiro atoms. The SMILES string of the molecule is Cc1ccc(CS(=O)(=O)NCc2ccc(NC(=O)c3c(F)cccc3Cl)cc2)cc1C. The number of anilines is 1. The number of sulfonamides is 1. The second-order valence-electron chi connectivity index (χ2n) is 7.25. The zero-order valence-electron chi connectivity index (χ0n) is 17.1. The highest BCUT2D eigenvalue weighted by Crippen LogP contribution is 2.21. The van der Waals surface area contributed by atoms with Crippen molar-refractivity contribution in [1.29, 1.82) is 0 Å². The third-order valence-corrected chi connectivity index (χ3v) is 6.44. The number of amides is 1. The number of nitrogens with one attached hydrogen (secondary N) is 2. The van der Waals surface area contributed by atoms with Crippen LogP contribution in [0.15, 0.2) is 60.7 Å². The van der Waals surface area contributed by atoms with Crippen LogP contribution in [0.25, 0.3) is 0 Å². The van der Waals surface area contributed by atoms with E-state index in [0.717, 1.165) is 22.8 Å². The second kappa shape index (κ2) is 9.60. The standard InChI is InChI=1S/C23H22ClFN2O3S/c1-15-6-7-18(12-16(15)2)14-31(29,30)26-13-17-8-10-19(11-9-17)27-23(28)22-20(24)4-3-5-21(22)25/h3-12,26H,13-14H2,1-2H3,(H,27,28). The largest absolute Gasteiger partial charge is 0.322 e. The molecule has 3 aromatic carbocycles. The highest BCUT2D eigenvalue weighted by Gasteiger charge is 2.16. The van der Waals surface area contributed by atoms with Gasteiger partial charge in [-0.15, -0.1) is 0 Å². The predicted octanol–water partition coefficient (Wildman–Crippen LogP) is 4.97. The lowest BCUT2D eigenvalue weighted by Crippen LogP contribution is -2.24. The van der Waals surface area contributed by atoms with Crippen molar-refractivity contribution in [3.8, 4) is 0 Å². The maximum absolute atomic E-state index is 13.9. The van der Waals surface area contributed by atoms with E-state index in [0.29, 0.717) is 11.3 Å². The van der Waals surface area contributed by atoms with Crippen molar-refractivity contribution in [1.82, 2.24) is 4.72 Å². The summed E-state index contributed by atoms with van der Waals surface area (Å²) in [6.45, 7) is 4.03. The number of benzene rings is 3. The fraction of sp³-hybridized carbons (Fsp3) is 0.174. The molecule has 0 aliphatic carbocycles. The second-order valence-corrected chi connectivity index (χ2v) is 9.46. The molecule has 0 aliphatic heterocycles.